The van der Waals surface area contributed by atoms with E-state index < -0.39 is 0 Å². The van der Waals surface area contributed by atoms with Crippen LogP contribution >= 0.6 is 0 Å². The summed E-state index contributed by atoms with van der Waals surface area (Å²) in [6.07, 6.45) is 7.80. The number of carbonyl (C=O) groups is 4. The normalized spacial score (nSPS) is 16.6. The third-order valence-corrected chi connectivity index (χ3v) is 12.1. The van der Waals surface area contributed by atoms with E-state index in [9.17, 15) is 19.2 Å². The summed E-state index contributed by atoms with van der Waals surface area (Å²) in [4.78, 5) is 65.9. The zero-order valence-corrected chi connectivity index (χ0v) is 36.2. The first-order chi connectivity index (χ1) is 28.5. The van der Waals surface area contributed by atoms with E-state index in [1.807, 2.05) is 61.6 Å². The Hall–Kier alpha value is -5.11. The number of fused-ring (bicyclic) bond motifs is 1. The number of likely N-dealkylation sites (N-methyl/N-ethyl adjacent to an activating group) is 3. The Morgan fingerprint density at radius 3 is 2.29 bits per heavy atom. The van der Waals surface area contributed by atoms with Gasteiger partial charge in [0, 0.05) is 111 Å². The predicted molar refractivity (Wildman–Crippen MR) is 239 cm³/mol. The molecule has 4 aromatic rings. The highest BCUT2D eigenvalue weighted by Gasteiger charge is 2.30. The molecule has 13 heteroatoms. The predicted octanol–water partition coefficient (Wildman–Crippen LogP) is 6.23. The molecule has 2 fully saturated rings. The average Bonchev–Trinajstić information content (AvgIpc) is 3.67. The van der Waals surface area contributed by atoms with Crippen LogP contribution in [0.25, 0.3) is 10.9 Å². The molecule has 2 unspecified atom stereocenters. The topological polar surface area (TPSA) is 137 Å². The Kier molecular flexibility index (Phi) is 16.6. The maximum atomic E-state index is 12.3. The van der Waals surface area contributed by atoms with Crippen molar-refractivity contribution in [2.75, 3.05) is 89.1 Å². The third kappa shape index (κ3) is 12.0. The van der Waals surface area contributed by atoms with E-state index in [0.717, 1.165) is 106 Å². The summed E-state index contributed by atoms with van der Waals surface area (Å²) in [6, 6.07) is 18.1. The van der Waals surface area contributed by atoms with Gasteiger partial charge in [0.05, 0.1) is 11.6 Å². The molecular weight excluding hydrogens is 743 g/mol. The summed E-state index contributed by atoms with van der Waals surface area (Å²) in [6.45, 7) is 13.9. The Bertz CT molecular complexity index is 1990. The van der Waals surface area contributed by atoms with Crippen LogP contribution in [0.15, 0.2) is 60.8 Å². The lowest BCUT2D eigenvalue weighted by Gasteiger charge is -2.36. The van der Waals surface area contributed by atoms with Gasteiger partial charge in [0.25, 0.3) is 0 Å². The summed E-state index contributed by atoms with van der Waals surface area (Å²) >= 11 is 0. The van der Waals surface area contributed by atoms with Gasteiger partial charge < -0.3 is 25.0 Å². The standard InChI is InChI=1S/C32H43N5O4.C14H22N4/c1-4-36(28-8-5-25(22-38)6-9-28)18-17-34(2)20-24-13-15-37(16-14-24)29-10-7-26(23-39)27(19-29)21-35(3)30-11-12-31(40)33-32(30)41;1-5-13(18(4)6-2)12-7-10-9-16-14(15-3)8-11(10)17-12/h5-10,19,22-24,30H,4,11-18,20-21H2,1-3H3,(H,33,40,41);7-9,13,17H,5-6H2,1-4H3,(H,15,16). The van der Waals surface area contributed by atoms with Crippen molar-refractivity contribution in [1.29, 1.82) is 0 Å². The molecule has 3 N–H and O–H groups in total. The van der Waals surface area contributed by atoms with Crippen LogP contribution in [0.1, 0.15) is 90.9 Å². The largest absolute Gasteiger partial charge is 0.373 e. The first-order valence-corrected chi connectivity index (χ1v) is 21.2. The van der Waals surface area contributed by atoms with Crippen molar-refractivity contribution in [1.82, 2.24) is 30.0 Å². The van der Waals surface area contributed by atoms with Gasteiger partial charge in [-0.15, -0.1) is 0 Å². The van der Waals surface area contributed by atoms with Gasteiger partial charge in [-0.25, -0.2) is 4.98 Å². The molecule has 2 aromatic heterocycles. The highest BCUT2D eigenvalue weighted by Crippen LogP contribution is 2.28. The lowest BCUT2D eigenvalue weighted by molar-refractivity contribution is -0.137. The Balaban J connectivity index is 0.000000305. The molecule has 4 heterocycles. The number of hydrogen-bond donors (Lipinski definition) is 3. The number of anilines is 3. The van der Waals surface area contributed by atoms with Crippen molar-refractivity contribution < 1.29 is 19.2 Å². The van der Waals surface area contributed by atoms with Gasteiger partial charge in [-0.05, 0) is 120 Å². The first-order valence-electron chi connectivity index (χ1n) is 21.2. The molecular formula is C46H65N9O4. The van der Waals surface area contributed by atoms with E-state index in [1.54, 1.807) is 0 Å². The molecule has 2 aliphatic rings. The second kappa shape index (κ2) is 21.8. The lowest BCUT2D eigenvalue weighted by Crippen LogP contribution is -2.51. The van der Waals surface area contributed by atoms with Gasteiger partial charge in [0.15, 0.2) is 0 Å². The van der Waals surface area contributed by atoms with Crippen LogP contribution in [0.2, 0.25) is 0 Å². The summed E-state index contributed by atoms with van der Waals surface area (Å²) in [7, 11) is 8.11. The fourth-order valence-electron chi connectivity index (χ4n) is 8.31. The molecule has 2 saturated heterocycles. The van der Waals surface area contributed by atoms with Crippen LogP contribution in [0, 0.1) is 5.92 Å². The molecule has 13 nitrogen and oxygen atoms in total. The van der Waals surface area contributed by atoms with E-state index in [-0.39, 0.29) is 17.9 Å². The van der Waals surface area contributed by atoms with E-state index >= 15 is 0 Å². The Labute approximate surface area is 350 Å². The van der Waals surface area contributed by atoms with Gasteiger partial charge in [0.1, 0.15) is 18.4 Å². The van der Waals surface area contributed by atoms with E-state index in [4.69, 9.17) is 0 Å². The van der Waals surface area contributed by atoms with Crippen molar-refractivity contribution in [3.05, 3.63) is 83.2 Å². The van der Waals surface area contributed by atoms with Crippen LogP contribution in [0.3, 0.4) is 0 Å². The number of aldehydes is 2. The minimum atomic E-state index is -0.379. The van der Waals surface area contributed by atoms with Crippen LogP contribution in [-0.4, -0.2) is 129 Å². The van der Waals surface area contributed by atoms with E-state index in [0.29, 0.717) is 42.5 Å². The summed E-state index contributed by atoms with van der Waals surface area (Å²) in [5.74, 6) is 1.03. The van der Waals surface area contributed by atoms with Gasteiger partial charge in [-0.2, -0.15) is 0 Å². The number of nitrogens with one attached hydrogen (secondary N) is 3. The fourth-order valence-corrected chi connectivity index (χ4v) is 8.31. The maximum absolute atomic E-state index is 12.3. The molecule has 2 atom stereocenters. The molecule has 0 bridgehead atoms. The van der Waals surface area contributed by atoms with Crippen LogP contribution in [0.5, 0.6) is 0 Å². The number of imide groups is 1. The molecule has 0 radical (unpaired) electrons. The van der Waals surface area contributed by atoms with Gasteiger partial charge in [-0.3, -0.25) is 34.3 Å². The number of aromatic nitrogens is 2. The van der Waals surface area contributed by atoms with Crippen molar-refractivity contribution >= 4 is 52.5 Å². The second-order valence-corrected chi connectivity index (χ2v) is 16.0. The zero-order valence-electron chi connectivity index (χ0n) is 36.2. The molecule has 2 amide bonds. The second-order valence-electron chi connectivity index (χ2n) is 16.0. The molecule has 0 aliphatic carbocycles. The number of rotatable bonds is 18. The number of aromatic amines is 1. The number of nitrogens with zero attached hydrogens (tertiary/aromatic N) is 6. The zero-order chi connectivity index (χ0) is 42.5. The molecule has 0 spiro atoms. The van der Waals surface area contributed by atoms with Gasteiger partial charge in [-0.1, -0.05) is 13.8 Å². The molecule has 318 valence electrons. The van der Waals surface area contributed by atoms with Crippen molar-refractivity contribution in [3.63, 3.8) is 0 Å². The minimum Gasteiger partial charge on any atom is -0.373 e. The van der Waals surface area contributed by atoms with E-state index in [1.165, 1.54) is 11.1 Å². The summed E-state index contributed by atoms with van der Waals surface area (Å²) < 4.78 is 0. The Morgan fingerprint density at radius 2 is 1.66 bits per heavy atom. The summed E-state index contributed by atoms with van der Waals surface area (Å²) in [5, 5.41) is 6.66. The summed E-state index contributed by atoms with van der Waals surface area (Å²) in [5.41, 5.74) is 6.89. The Morgan fingerprint density at radius 1 is 0.915 bits per heavy atom. The SMILES string of the molecule is CCC(c1cc2cnc(NC)cc2[nH]1)N(C)CC.CCN(CCN(C)CC1CCN(c2ccc(C=O)c(CN(C)C3CCC(=O)NC3=O)c2)CC1)c1ccc(C=O)cc1. The van der Waals surface area contributed by atoms with Crippen molar-refractivity contribution in [2.45, 2.75) is 71.5 Å². The quantitative estimate of drug-likeness (QED) is 0.0780. The number of benzene rings is 2. The average molecular weight is 808 g/mol. The fraction of sp³-hybridized carbons (Fsp3) is 0.500. The smallest absolute Gasteiger partial charge is 0.243 e. The maximum Gasteiger partial charge on any atom is 0.243 e. The van der Waals surface area contributed by atoms with Gasteiger partial charge in [0.2, 0.25) is 11.8 Å². The van der Waals surface area contributed by atoms with Crippen molar-refractivity contribution in [3.8, 4) is 0 Å². The highest BCUT2D eigenvalue weighted by molar-refractivity contribution is 6.00. The molecule has 2 aromatic carbocycles. The van der Waals surface area contributed by atoms with Crippen LogP contribution in [0.4, 0.5) is 17.2 Å². The number of hydrogen-bond acceptors (Lipinski definition) is 11. The van der Waals surface area contributed by atoms with Crippen LogP contribution in [-0.2, 0) is 16.1 Å². The highest BCUT2D eigenvalue weighted by atomic mass is 16.2. The minimum absolute atomic E-state index is 0.227. The van der Waals surface area contributed by atoms with Crippen molar-refractivity contribution in [2.24, 2.45) is 5.92 Å². The van der Waals surface area contributed by atoms with E-state index in [2.05, 4.69) is 93.3 Å². The molecule has 2 aliphatic heterocycles. The number of pyridine rings is 1. The number of H-pyrrole nitrogens is 1. The molecule has 6 rings (SSSR count). The lowest BCUT2D eigenvalue weighted by atomic mass is 9.95. The third-order valence-electron chi connectivity index (χ3n) is 12.1. The number of carbonyl (C=O) groups excluding carboxylic acids is 4. The van der Waals surface area contributed by atoms with Crippen LogP contribution < -0.4 is 20.4 Å². The monoisotopic (exact) mass is 808 g/mol. The number of piperidine rings is 2. The molecule has 59 heavy (non-hydrogen) atoms. The molecule has 0 saturated carbocycles. The number of amides is 2. The first kappa shape index (κ1) is 45.0. The van der Waals surface area contributed by atoms with Gasteiger partial charge >= 0.3 is 0 Å².